The highest BCUT2D eigenvalue weighted by Crippen LogP contribution is 2.31. The lowest BCUT2D eigenvalue weighted by molar-refractivity contribution is -0.125. The summed E-state index contributed by atoms with van der Waals surface area (Å²) in [6, 6.07) is 4.11. The van der Waals surface area contributed by atoms with Gasteiger partial charge in [0.25, 0.3) is 0 Å². The van der Waals surface area contributed by atoms with E-state index >= 15 is 0 Å². The zero-order valence-electron chi connectivity index (χ0n) is 10.4. The Morgan fingerprint density at radius 2 is 2.35 bits per heavy atom. The molecule has 1 aromatic rings. The number of hydrogen-bond acceptors (Lipinski definition) is 3. The molecule has 1 aromatic heterocycles. The van der Waals surface area contributed by atoms with Crippen LogP contribution >= 0.6 is 11.3 Å². The summed E-state index contributed by atoms with van der Waals surface area (Å²) in [5.74, 6) is 0.691. The fourth-order valence-corrected chi connectivity index (χ4v) is 2.72. The molecule has 0 aromatic carbocycles. The number of hydrogen-bond donors (Lipinski definition) is 2. The third kappa shape index (κ3) is 2.87. The lowest BCUT2D eigenvalue weighted by Gasteiger charge is -2.23. The Morgan fingerprint density at radius 1 is 1.65 bits per heavy atom. The predicted molar refractivity (Wildman–Crippen MR) is 71.1 cm³/mol. The van der Waals surface area contributed by atoms with Crippen LogP contribution in [0.15, 0.2) is 17.5 Å². The molecule has 1 amide bonds. The van der Waals surface area contributed by atoms with Crippen LogP contribution in [0.2, 0.25) is 0 Å². The highest BCUT2D eigenvalue weighted by atomic mass is 32.1. The summed E-state index contributed by atoms with van der Waals surface area (Å²) in [6.45, 7) is 4.51. The van der Waals surface area contributed by atoms with Gasteiger partial charge in [0.05, 0.1) is 5.41 Å². The fourth-order valence-electron chi connectivity index (χ4n) is 1.87. The van der Waals surface area contributed by atoms with E-state index in [0.29, 0.717) is 12.5 Å². The van der Waals surface area contributed by atoms with E-state index in [-0.39, 0.29) is 11.9 Å². The second-order valence-electron chi connectivity index (χ2n) is 5.31. The molecule has 1 unspecified atom stereocenters. The van der Waals surface area contributed by atoms with Crippen LogP contribution in [0.3, 0.4) is 0 Å². The number of nitrogens with two attached hydrogens (primary N) is 1. The van der Waals surface area contributed by atoms with Crippen LogP contribution in [0, 0.1) is 5.92 Å². The molecular weight excluding hydrogens is 232 g/mol. The van der Waals surface area contributed by atoms with E-state index in [1.54, 1.807) is 11.3 Å². The molecule has 1 fully saturated rings. The monoisotopic (exact) mass is 252 g/mol. The largest absolute Gasteiger partial charge is 0.354 e. The van der Waals surface area contributed by atoms with Gasteiger partial charge < -0.3 is 11.1 Å². The molecule has 1 aliphatic rings. The number of thiophene rings is 1. The molecule has 0 spiro atoms. The lowest BCUT2D eigenvalue weighted by Crippen LogP contribution is -2.45. The molecule has 1 atom stereocenters. The topological polar surface area (TPSA) is 55.1 Å². The molecule has 94 valence electrons. The van der Waals surface area contributed by atoms with E-state index in [1.807, 2.05) is 31.4 Å². The van der Waals surface area contributed by atoms with Crippen molar-refractivity contribution in [2.75, 3.05) is 6.54 Å². The summed E-state index contributed by atoms with van der Waals surface area (Å²) in [6.07, 6.45) is 2.43. The number of carbonyl (C=O) groups is 1. The van der Waals surface area contributed by atoms with E-state index < -0.39 is 5.41 Å². The van der Waals surface area contributed by atoms with Gasteiger partial charge in [-0.25, -0.2) is 0 Å². The average Bonchev–Trinajstić information content (AvgIpc) is 2.99. The first-order valence-corrected chi connectivity index (χ1v) is 6.97. The summed E-state index contributed by atoms with van der Waals surface area (Å²) < 4.78 is 0. The summed E-state index contributed by atoms with van der Waals surface area (Å²) in [7, 11) is 0. The molecule has 1 heterocycles. The highest BCUT2D eigenvalue weighted by Gasteiger charge is 2.33. The third-order valence-corrected chi connectivity index (χ3v) is 4.62. The minimum atomic E-state index is -0.461. The van der Waals surface area contributed by atoms with Crippen molar-refractivity contribution in [3.63, 3.8) is 0 Å². The van der Waals surface area contributed by atoms with Gasteiger partial charge in [0.1, 0.15) is 0 Å². The average molecular weight is 252 g/mol. The van der Waals surface area contributed by atoms with Gasteiger partial charge in [-0.3, -0.25) is 4.79 Å². The van der Waals surface area contributed by atoms with E-state index in [4.69, 9.17) is 5.73 Å². The summed E-state index contributed by atoms with van der Waals surface area (Å²) in [5.41, 5.74) is 5.52. The normalized spacial score (nSPS) is 17.8. The Kier molecular flexibility index (Phi) is 3.54. The van der Waals surface area contributed by atoms with Gasteiger partial charge in [-0.15, -0.1) is 11.3 Å². The summed E-state index contributed by atoms with van der Waals surface area (Å²) in [4.78, 5) is 13.2. The maximum Gasteiger partial charge on any atom is 0.230 e. The Morgan fingerprint density at radius 3 is 2.88 bits per heavy atom. The maximum absolute atomic E-state index is 12.2. The molecule has 0 saturated heterocycles. The van der Waals surface area contributed by atoms with Crippen LogP contribution in [0.25, 0.3) is 0 Å². The van der Waals surface area contributed by atoms with Gasteiger partial charge in [-0.2, -0.15) is 0 Å². The number of amides is 1. The zero-order valence-corrected chi connectivity index (χ0v) is 11.2. The van der Waals surface area contributed by atoms with Crippen LogP contribution in [0.1, 0.15) is 31.6 Å². The van der Waals surface area contributed by atoms with Crippen molar-refractivity contribution in [2.24, 2.45) is 11.7 Å². The van der Waals surface area contributed by atoms with Crippen molar-refractivity contribution in [1.29, 1.82) is 0 Å². The van der Waals surface area contributed by atoms with E-state index in [9.17, 15) is 4.79 Å². The van der Waals surface area contributed by atoms with Crippen molar-refractivity contribution in [3.05, 3.63) is 22.4 Å². The van der Waals surface area contributed by atoms with Gasteiger partial charge in [0.15, 0.2) is 0 Å². The molecule has 0 aliphatic heterocycles. The lowest BCUT2D eigenvalue weighted by atomic mass is 9.90. The molecule has 4 heteroatoms. The van der Waals surface area contributed by atoms with Crippen molar-refractivity contribution >= 4 is 17.2 Å². The van der Waals surface area contributed by atoms with E-state index in [2.05, 4.69) is 5.32 Å². The van der Waals surface area contributed by atoms with Gasteiger partial charge in [0, 0.05) is 17.5 Å². The first kappa shape index (κ1) is 12.6. The minimum absolute atomic E-state index is 0.0658. The van der Waals surface area contributed by atoms with Crippen molar-refractivity contribution in [3.8, 4) is 0 Å². The standard InChI is InChI=1S/C13H20N2OS/c1-13(2,11-4-3-7-17-11)12(16)15-8-10(14)9-5-6-9/h3-4,7,9-10H,5-6,8,14H2,1-2H3,(H,15,16). The van der Waals surface area contributed by atoms with Crippen LogP contribution < -0.4 is 11.1 Å². The van der Waals surface area contributed by atoms with Crippen molar-refractivity contribution in [2.45, 2.75) is 38.1 Å². The minimum Gasteiger partial charge on any atom is -0.354 e. The Hall–Kier alpha value is -0.870. The first-order chi connectivity index (χ1) is 8.01. The number of nitrogens with one attached hydrogen (secondary N) is 1. The quantitative estimate of drug-likeness (QED) is 0.840. The highest BCUT2D eigenvalue weighted by molar-refractivity contribution is 7.10. The number of carbonyl (C=O) groups excluding carboxylic acids is 1. The first-order valence-electron chi connectivity index (χ1n) is 6.09. The predicted octanol–water partition coefficient (Wildman–Crippen LogP) is 1.88. The van der Waals surface area contributed by atoms with E-state index in [0.717, 1.165) is 4.88 Å². The SMILES string of the molecule is CC(C)(C(=O)NCC(N)C1CC1)c1cccs1. The van der Waals surface area contributed by atoms with Crippen molar-refractivity contribution in [1.82, 2.24) is 5.32 Å². The van der Waals surface area contributed by atoms with Gasteiger partial charge in [0.2, 0.25) is 5.91 Å². The van der Waals surface area contributed by atoms with Crippen LogP contribution in [0.5, 0.6) is 0 Å². The molecule has 0 radical (unpaired) electrons. The Labute approximate surface area is 106 Å². The Balaban J connectivity index is 1.90. The molecule has 0 bridgehead atoms. The van der Waals surface area contributed by atoms with E-state index in [1.165, 1.54) is 12.8 Å². The second kappa shape index (κ2) is 4.78. The summed E-state index contributed by atoms with van der Waals surface area (Å²) >= 11 is 1.62. The van der Waals surface area contributed by atoms with Crippen molar-refractivity contribution < 1.29 is 4.79 Å². The van der Waals surface area contributed by atoms with Gasteiger partial charge in [-0.05, 0) is 44.1 Å². The van der Waals surface area contributed by atoms with Crippen LogP contribution in [-0.2, 0) is 10.2 Å². The van der Waals surface area contributed by atoms with Crippen LogP contribution in [0.4, 0.5) is 0 Å². The van der Waals surface area contributed by atoms with Gasteiger partial charge in [-0.1, -0.05) is 6.07 Å². The molecule has 17 heavy (non-hydrogen) atoms. The second-order valence-corrected chi connectivity index (χ2v) is 6.26. The Bertz CT molecular complexity index is 382. The zero-order chi connectivity index (χ0) is 12.5. The molecule has 1 saturated carbocycles. The number of rotatable bonds is 5. The molecule has 2 rings (SSSR count). The maximum atomic E-state index is 12.2. The fraction of sp³-hybridized carbons (Fsp3) is 0.615. The molecular formula is C13H20N2OS. The van der Waals surface area contributed by atoms with Gasteiger partial charge >= 0.3 is 0 Å². The molecule has 1 aliphatic carbocycles. The molecule has 3 nitrogen and oxygen atoms in total. The van der Waals surface area contributed by atoms with Crippen LogP contribution in [-0.4, -0.2) is 18.5 Å². The smallest absolute Gasteiger partial charge is 0.230 e. The third-order valence-electron chi connectivity index (χ3n) is 3.43. The molecule has 3 N–H and O–H groups in total. The summed E-state index contributed by atoms with van der Waals surface area (Å²) in [5, 5.41) is 4.98.